The standard InChI is InChI=1S/C45H54N4O6/c1-2-3-4-5-6-7-8-9-13-23-42(51)55-32-40-44(53)48-39(28-33-24-26-37(50)27-25-33)43(52)47(30-36-21-16-20-35-19-14-15-22-38(35)36)31-41(48)49(40)45(54)46-29-34-17-11-10-12-18-34/h10-12,14-22,24-27,39-41,50H,2-9,13,23,28-32H2,1H3,(H,46,54)/t39-,40-,41-/m0/s1. The molecule has 2 aliphatic rings. The number of hydrogen-bond acceptors (Lipinski definition) is 6. The molecule has 0 radical (unpaired) electrons. The number of aromatic hydroxyl groups is 1. The number of amides is 4. The minimum atomic E-state index is -1.11. The molecule has 4 aromatic rings. The number of fused-ring (bicyclic) bond motifs is 2. The van der Waals surface area contributed by atoms with Crippen LogP contribution in [0.3, 0.4) is 0 Å². The number of rotatable bonds is 18. The lowest BCUT2D eigenvalue weighted by atomic mass is 9.98. The number of phenolic OH excluding ortho intramolecular Hbond substituents is 1. The molecule has 0 bridgehead atoms. The summed E-state index contributed by atoms with van der Waals surface area (Å²) in [6, 6.07) is 27.6. The van der Waals surface area contributed by atoms with Crippen molar-refractivity contribution < 1.29 is 29.0 Å². The van der Waals surface area contributed by atoms with Gasteiger partial charge in [-0.15, -0.1) is 0 Å². The van der Waals surface area contributed by atoms with E-state index in [0.29, 0.717) is 6.42 Å². The Hall–Kier alpha value is -5.38. The maximum absolute atomic E-state index is 14.5. The number of urea groups is 1. The van der Waals surface area contributed by atoms with Crippen molar-refractivity contribution in [2.24, 2.45) is 0 Å². The van der Waals surface area contributed by atoms with E-state index in [9.17, 15) is 24.3 Å². The minimum absolute atomic E-state index is 0.0848. The van der Waals surface area contributed by atoms with Gasteiger partial charge in [0.25, 0.3) is 5.91 Å². The third-order valence-electron chi connectivity index (χ3n) is 10.8. The Morgan fingerprint density at radius 1 is 0.745 bits per heavy atom. The lowest BCUT2D eigenvalue weighted by Crippen LogP contribution is -2.64. The summed E-state index contributed by atoms with van der Waals surface area (Å²) in [6.45, 7) is 2.51. The molecule has 4 aromatic carbocycles. The van der Waals surface area contributed by atoms with Crippen molar-refractivity contribution in [3.63, 3.8) is 0 Å². The molecule has 6 rings (SSSR count). The fourth-order valence-electron chi connectivity index (χ4n) is 7.87. The molecule has 2 aliphatic heterocycles. The topological polar surface area (TPSA) is 119 Å². The number of carbonyl (C=O) groups excluding carboxylic acids is 4. The highest BCUT2D eigenvalue weighted by atomic mass is 16.5. The third kappa shape index (κ3) is 10.0. The normalized spacial score (nSPS) is 18.1. The van der Waals surface area contributed by atoms with E-state index in [1.165, 1.54) is 41.9 Å². The van der Waals surface area contributed by atoms with Gasteiger partial charge in [0.15, 0.2) is 0 Å². The second-order valence-corrected chi connectivity index (χ2v) is 14.8. The Balaban J connectivity index is 1.22. The maximum atomic E-state index is 14.5. The summed E-state index contributed by atoms with van der Waals surface area (Å²) >= 11 is 0. The molecule has 0 spiro atoms. The Bertz CT molecular complexity index is 1900. The summed E-state index contributed by atoms with van der Waals surface area (Å²) in [5.41, 5.74) is 2.60. The third-order valence-corrected chi connectivity index (χ3v) is 10.8. The molecule has 0 aliphatic carbocycles. The number of nitrogens with zero attached hydrogens (tertiary/aromatic N) is 3. The summed E-state index contributed by atoms with van der Waals surface area (Å²) < 4.78 is 5.75. The zero-order valence-electron chi connectivity index (χ0n) is 31.9. The Kier molecular flexibility index (Phi) is 13.8. The van der Waals surface area contributed by atoms with E-state index >= 15 is 0 Å². The van der Waals surface area contributed by atoms with E-state index in [1.807, 2.05) is 72.8 Å². The number of nitrogens with one attached hydrogen (secondary N) is 1. The zero-order valence-corrected chi connectivity index (χ0v) is 31.9. The first kappa shape index (κ1) is 39.3. The summed E-state index contributed by atoms with van der Waals surface area (Å²) in [4.78, 5) is 61.0. The number of ether oxygens (including phenoxy) is 1. The van der Waals surface area contributed by atoms with Gasteiger partial charge in [0, 0.05) is 25.9 Å². The van der Waals surface area contributed by atoms with E-state index in [0.717, 1.165) is 46.7 Å². The first-order valence-corrected chi connectivity index (χ1v) is 19.9. The van der Waals surface area contributed by atoms with Gasteiger partial charge in [0.05, 0.1) is 6.54 Å². The molecule has 10 heteroatoms. The number of phenols is 1. The van der Waals surface area contributed by atoms with E-state index in [4.69, 9.17) is 4.74 Å². The van der Waals surface area contributed by atoms with Gasteiger partial charge in [0.1, 0.15) is 30.6 Å². The van der Waals surface area contributed by atoms with Crippen molar-refractivity contribution in [2.45, 2.75) is 109 Å². The quantitative estimate of drug-likeness (QED) is 0.0796. The summed E-state index contributed by atoms with van der Waals surface area (Å²) in [5, 5.41) is 15.0. The molecule has 2 saturated heterocycles. The molecule has 290 valence electrons. The van der Waals surface area contributed by atoms with Crippen molar-refractivity contribution in [1.29, 1.82) is 0 Å². The Labute approximate surface area is 324 Å². The average Bonchev–Trinajstić information content (AvgIpc) is 3.48. The van der Waals surface area contributed by atoms with E-state index in [1.54, 1.807) is 29.2 Å². The van der Waals surface area contributed by atoms with Crippen LogP contribution in [0.4, 0.5) is 4.79 Å². The van der Waals surface area contributed by atoms with Crippen molar-refractivity contribution in [1.82, 2.24) is 20.0 Å². The highest BCUT2D eigenvalue weighted by Crippen LogP contribution is 2.34. The molecular formula is C45H54N4O6. The highest BCUT2D eigenvalue weighted by molar-refractivity contribution is 5.97. The molecule has 4 amide bonds. The molecule has 0 aromatic heterocycles. The second kappa shape index (κ2) is 19.3. The summed E-state index contributed by atoms with van der Waals surface area (Å²) in [5.74, 6) is -0.979. The van der Waals surface area contributed by atoms with Gasteiger partial charge in [-0.2, -0.15) is 0 Å². The molecule has 55 heavy (non-hydrogen) atoms. The van der Waals surface area contributed by atoms with Crippen LogP contribution in [0.5, 0.6) is 5.75 Å². The maximum Gasteiger partial charge on any atom is 0.320 e. The van der Waals surface area contributed by atoms with Crippen molar-refractivity contribution >= 4 is 34.6 Å². The van der Waals surface area contributed by atoms with Crippen molar-refractivity contribution in [2.75, 3.05) is 13.2 Å². The lowest BCUT2D eigenvalue weighted by Gasteiger charge is -2.44. The van der Waals surface area contributed by atoms with Crippen LogP contribution in [0.1, 0.15) is 87.8 Å². The highest BCUT2D eigenvalue weighted by Gasteiger charge is 2.56. The first-order valence-electron chi connectivity index (χ1n) is 19.9. The van der Waals surface area contributed by atoms with Gasteiger partial charge in [0.2, 0.25) is 5.91 Å². The van der Waals surface area contributed by atoms with E-state index in [-0.39, 0.29) is 50.7 Å². The number of benzene rings is 4. The van der Waals surface area contributed by atoms with Crippen LogP contribution in [0.25, 0.3) is 10.8 Å². The van der Waals surface area contributed by atoms with Crippen LogP contribution in [0, 0.1) is 0 Å². The van der Waals surface area contributed by atoms with Crippen molar-refractivity contribution in [3.05, 3.63) is 114 Å². The molecule has 3 atom stereocenters. The molecule has 0 unspecified atom stereocenters. The van der Waals surface area contributed by atoms with E-state index < -0.39 is 36.2 Å². The summed E-state index contributed by atoms with van der Waals surface area (Å²) in [6.07, 6.45) is 9.71. The van der Waals surface area contributed by atoms with Gasteiger partial charge >= 0.3 is 12.0 Å². The molecule has 2 fully saturated rings. The number of carbonyl (C=O) groups is 4. The van der Waals surface area contributed by atoms with Crippen LogP contribution in [-0.2, 0) is 38.6 Å². The predicted molar refractivity (Wildman–Crippen MR) is 213 cm³/mol. The average molecular weight is 747 g/mol. The van der Waals surface area contributed by atoms with Crippen LogP contribution in [-0.4, -0.2) is 75.0 Å². The number of unbranched alkanes of at least 4 members (excludes halogenated alkanes) is 8. The number of piperazine rings is 1. The fraction of sp³-hybridized carbons (Fsp3) is 0.422. The molecule has 2 heterocycles. The van der Waals surface area contributed by atoms with Crippen LogP contribution in [0.2, 0.25) is 0 Å². The van der Waals surface area contributed by atoms with Crippen LogP contribution >= 0.6 is 0 Å². The smallest absolute Gasteiger partial charge is 0.320 e. The molecular weight excluding hydrogens is 693 g/mol. The molecule has 10 nitrogen and oxygen atoms in total. The molecule has 2 N–H and O–H groups in total. The zero-order chi connectivity index (χ0) is 38.6. The van der Waals surface area contributed by atoms with Gasteiger partial charge in [-0.3, -0.25) is 19.3 Å². The second-order valence-electron chi connectivity index (χ2n) is 14.8. The Morgan fingerprint density at radius 3 is 2.16 bits per heavy atom. The van der Waals surface area contributed by atoms with E-state index in [2.05, 4.69) is 12.2 Å². The van der Waals surface area contributed by atoms with Gasteiger partial charge in [-0.05, 0) is 46.0 Å². The van der Waals surface area contributed by atoms with Gasteiger partial charge in [-0.1, -0.05) is 143 Å². The largest absolute Gasteiger partial charge is 0.508 e. The predicted octanol–water partition coefficient (Wildman–Crippen LogP) is 7.71. The number of hydrogen-bond donors (Lipinski definition) is 2. The minimum Gasteiger partial charge on any atom is -0.508 e. The SMILES string of the molecule is CCCCCCCCCCCC(=O)OC[C@H]1C(=O)N2[C@H](CN(Cc3cccc4ccccc34)C(=O)[C@@H]2Cc2ccc(O)cc2)N1C(=O)NCc1ccccc1. The first-order chi connectivity index (χ1) is 26.8. The molecule has 0 saturated carbocycles. The fourth-order valence-corrected chi connectivity index (χ4v) is 7.87. The van der Waals surface area contributed by atoms with Crippen LogP contribution in [0.15, 0.2) is 97.1 Å². The van der Waals surface area contributed by atoms with Gasteiger partial charge < -0.3 is 25.0 Å². The lowest BCUT2D eigenvalue weighted by molar-refractivity contribution is -0.154. The Morgan fingerprint density at radius 2 is 1.42 bits per heavy atom. The van der Waals surface area contributed by atoms with Gasteiger partial charge in [-0.25, -0.2) is 4.79 Å². The number of esters is 1. The van der Waals surface area contributed by atoms with Crippen molar-refractivity contribution in [3.8, 4) is 5.75 Å². The monoisotopic (exact) mass is 746 g/mol. The van der Waals surface area contributed by atoms with Crippen LogP contribution < -0.4 is 5.32 Å². The summed E-state index contributed by atoms with van der Waals surface area (Å²) in [7, 11) is 0.